The number of aliphatic hydroxyl groups excluding tert-OH is 2. The topological polar surface area (TPSA) is 68.3 Å². The van der Waals surface area contributed by atoms with Gasteiger partial charge in [0.25, 0.3) is 0 Å². The number of nitrogens with one attached hydrogen (secondary N) is 2. The van der Waals surface area contributed by atoms with Crippen molar-refractivity contribution >= 4 is 10.9 Å². The van der Waals surface area contributed by atoms with Crippen LogP contribution in [0.5, 0.6) is 0 Å². The molecule has 1 aromatic carbocycles. The second kappa shape index (κ2) is 5.74. The quantitative estimate of drug-likeness (QED) is 0.636. The maximum absolute atomic E-state index is 9.10. The van der Waals surface area contributed by atoms with Crippen molar-refractivity contribution in [2.24, 2.45) is 0 Å². The predicted molar refractivity (Wildman–Crippen MR) is 77.3 cm³/mol. The first-order valence-electron chi connectivity index (χ1n) is 6.60. The molecule has 0 aliphatic rings. The standard InChI is InChI=1S/C15H22N2O2/c1-15(2,10-17-11(8-18)9-19)13-7-16-14-6-4-3-5-12(13)14/h3-7,11,16-19H,8-10H2,1-2H3. The summed E-state index contributed by atoms with van der Waals surface area (Å²) in [5.74, 6) is 0. The van der Waals surface area contributed by atoms with Crippen LogP contribution in [0.1, 0.15) is 19.4 Å². The van der Waals surface area contributed by atoms with Gasteiger partial charge in [-0.3, -0.25) is 0 Å². The van der Waals surface area contributed by atoms with E-state index in [1.54, 1.807) is 0 Å². The van der Waals surface area contributed by atoms with Crippen molar-refractivity contribution in [2.45, 2.75) is 25.3 Å². The van der Waals surface area contributed by atoms with Gasteiger partial charge in [0, 0.05) is 29.1 Å². The Kier molecular flexibility index (Phi) is 4.24. The highest BCUT2D eigenvalue weighted by molar-refractivity contribution is 5.84. The number of benzene rings is 1. The molecule has 19 heavy (non-hydrogen) atoms. The smallest absolute Gasteiger partial charge is 0.0607 e. The Bertz CT molecular complexity index is 530. The second-order valence-corrected chi connectivity index (χ2v) is 5.57. The number of fused-ring (bicyclic) bond motifs is 1. The Labute approximate surface area is 113 Å². The van der Waals surface area contributed by atoms with Crippen LogP contribution in [0.25, 0.3) is 10.9 Å². The highest BCUT2D eigenvalue weighted by atomic mass is 16.3. The van der Waals surface area contributed by atoms with Crippen molar-refractivity contribution in [3.63, 3.8) is 0 Å². The molecule has 0 spiro atoms. The third-order valence-corrected chi connectivity index (χ3v) is 3.59. The lowest BCUT2D eigenvalue weighted by Gasteiger charge is -2.27. The largest absolute Gasteiger partial charge is 0.395 e. The normalized spacial score (nSPS) is 12.5. The number of hydrogen-bond acceptors (Lipinski definition) is 3. The number of hydrogen-bond donors (Lipinski definition) is 4. The van der Waals surface area contributed by atoms with Gasteiger partial charge in [-0.1, -0.05) is 32.0 Å². The third-order valence-electron chi connectivity index (χ3n) is 3.59. The van der Waals surface area contributed by atoms with E-state index in [9.17, 15) is 0 Å². The molecule has 4 N–H and O–H groups in total. The fourth-order valence-corrected chi connectivity index (χ4v) is 2.31. The minimum Gasteiger partial charge on any atom is -0.395 e. The van der Waals surface area contributed by atoms with Gasteiger partial charge >= 0.3 is 0 Å². The first-order chi connectivity index (χ1) is 9.08. The van der Waals surface area contributed by atoms with Crippen LogP contribution in [0.2, 0.25) is 0 Å². The van der Waals surface area contributed by atoms with Crippen LogP contribution in [0.15, 0.2) is 30.5 Å². The molecule has 0 unspecified atom stereocenters. The third kappa shape index (κ3) is 2.97. The number of para-hydroxylation sites is 1. The number of rotatable bonds is 6. The number of aliphatic hydroxyl groups is 2. The van der Waals surface area contributed by atoms with Crippen LogP contribution in [-0.2, 0) is 5.41 Å². The van der Waals surface area contributed by atoms with E-state index in [1.807, 2.05) is 18.3 Å². The minimum atomic E-state index is -0.260. The van der Waals surface area contributed by atoms with E-state index in [1.165, 1.54) is 10.9 Å². The molecule has 4 heteroatoms. The first-order valence-corrected chi connectivity index (χ1v) is 6.60. The molecule has 0 amide bonds. The Morgan fingerprint density at radius 2 is 1.89 bits per heavy atom. The van der Waals surface area contributed by atoms with E-state index in [0.717, 1.165) is 5.52 Å². The van der Waals surface area contributed by atoms with E-state index in [0.29, 0.717) is 6.54 Å². The zero-order valence-electron chi connectivity index (χ0n) is 11.5. The molecule has 0 aliphatic heterocycles. The molecule has 2 aromatic rings. The molecule has 0 bridgehead atoms. The Balaban J connectivity index is 2.19. The lowest BCUT2D eigenvalue weighted by atomic mass is 9.84. The monoisotopic (exact) mass is 262 g/mol. The summed E-state index contributed by atoms with van der Waals surface area (Å²) < 4.78 is 0. The summed E-state index contributed by atoms with van der Waals surface area (Å²) in [6, 6.07) is 7.96. The average Bonchev–Trinajstić information content (AvgIpc) is 2.84. The summed E-state index contributed by atoms with van der Waals surface area (Å²) in [5, 5.41) is 22.6. The number of aromatic amines is 1. The van der Waals surface area contributed by atoms with Crippen LogP contribution >= 0.6 is 0 Å². The van der Waals surface area contributed by atoms with Gasteiger partial charge in [-0.15, -0.1) is 0 Å². The molecule has 104 valence electrons. The fourth-order valence-electron chi connectivity index (χ4n) is 2.31. The van der Waals surface area contributed by atoms with Gasteiger partial charge in [0.05, 0.1) is 19.3 Å². The minimum absolute atomic E-state index is 0.0551. The fraction of sp³-hybridized carbons (Fsp3) is 0.467. The maximum Gasteiger partial charge on any atom is 0.0607 e. The van der Waals surface area contributed by atoms with Crippen LogP contribution < -0.4 is 5.32 Å². The zero-order valence-corrected chi connectivity index (χ0v) is 11.5. The van der Waals surface area contributed by atoms with E-state index in [2.05, 4.69) is 36.3 Å². The van der Waals surface area contributed by atoms with Crippen molar-refractivity contribution in [2.75, 3.05) is 19.8 Å². The summed E-state index contributed by atoms with van der Waals surface area (Å²) >= 11 is 0. The second-order valence-electron chi connectivity index (χ2n) is 5.57. The lowest BCUT2D eigenvalue weighted by molar-refractivity contribution is 0.166. The number of aromatic nitrogens is 1. The van der Waals surface area contributed by atoms with Crippen molar-refractivity contribution < 1.29 is 10.2 Å². The molecular formula is C15H22N2O2. The van der Waals surface area contributed by atoms with Crippen molar-refractivity contribution in [3.8, 4) is 0 Å². The Hall–Kier alpha value is -1.36. The van der Waals surface area contributed by atoms with E-state index >= 15 is 0 Å². The van der Waals surface area contributed by atoms with Gasteiger partial charge in [0.1, 0.15) is 0 Å². The average molecular weight is 262 g/mol. The molecule has 0 radical (unpaired) electrons. The molecule has 1 aromatic heterocycles. The highest BCUT2D eigenvalue weighted by Gasteiger charge is 2.24. The van der Waals surface area contributed by atoms with Gasteiger partial charge < -0.3 is 20.5 Å². The van der Waals surface area contributed by atoms with Crippen LogP contribution in [0.4, 0.5) is 0 Å². The van der Waals surface area contributed by atoms with Gasteiger partial charge in [0.2, 0.25) is 0 Å². The van der Waals surface area contributed by atoms with Crippen LogP contribution in [0.3, 0.4) is 0 Å². The molecule has 1 heterocycles. The van der Waals surface area contributed by atoms with E-state index in [4.69, 9.17) is 10.2 Å². The summed E-state index contributed by atoms with van der Waals surface area (Å²) in [6.45, 7) is 4.89. The zero-order chi connectivity index (χ0) is 13.9. The van der Waals surface area contributed by atoms with Crippen molar-refractivity contribution in [1.29, 1.82) is 0 Å². The van der Waals surface area contributed by atoms with Crippen LogP contribution in [-0.4, -0.2) is 41.0 Å². The van der Waals surface area contributed by atoms with Gasteiger partial charge in [-0.05, 0) is 11.6 Å². The Morgan fingerprint density at radius 3 is 2.58 bits per heavy atom. The Morgan fingerprint density at radius 1 is 1.21 bits per heavy atom. The lowest BCUT2D eigenvalue weighted by Crippen LogP contribution is -2.42. The van der Waals surface area contributed by atoms with Gasteiger partial charge in [-0.25, -0.2) is 0 Å². The summed E-state index contributed by atoms with van der Waals surface area (Å²) in [4.78, 5) is 3.28. The number of H-pyrrole nitrogens is 1. The molecule has 0 aliphatic carbocycles. The van der Waals surface area contributed by atoms with Crippen LogP contribution in [0, 0.1) is 0 Å². The highest BCUT2D eigenvalue weighted by Crippen LogP contribution is 2.29. The summed E-state index contributed by atoms with van der Waals surface area (Å²) in [7, 11) is 0. The summed E-state index contributed by atoms with van der Waals surface area (Å²) in [5.41, 5.74) is 2.29. The maximum atomic E-state index is 9.10. The molecule has 2 rings (SSSR count). The van der Waals surface area contributed by atoms with E-state index < -0.39 is 0 Å². The van der Waals surface area contributed by atoms with E-state index in [-0.39, 0.29) is 24.7 Å². The molecule has 0 saturated heterocycles. The molecular weight excluding hydrogens is 240 g/mol. The van der Waals surface area contributed by atoms with Crippen molar-refractivity contribution in [3.05, 3.63) is 36.0 Å². The molecule has 0 atom stereocenters. The van der Waals surface area contributed by atoms with Gasteiger partial charge in [-0.2, -0.15) is 0 Å². The molecule has 4 nitrogen and oxygen atoms in total. The summed E-state index contributed by atoms with van der Waals surface area (Å²) in [6.07, 6.45) is 2.04. The molecule has 0 saturated carbocycles. The molecule has 0 fully saturated rings. The van der Waals surface area contributed by atoms with Crippen molar-refractivity contribution in [1.82, 2.24) is 10.3 Å². The predicted octanol–water partition coefficient (Wildman–Crippen LogP) is 1.39. The first kappa shape index (κ1) is 14.1. The SMILES string of the molecule is CC(C)(CNC(CO)CO)c1c[nH]c2ccccc12. The van der Waals surface area contributed by atoms with Gasteiger partial charge in [0.15, 0.2) is 0 Å².